The van der Waals surface area contributed by atoms with E-state index in [0.29, 0.717) is 29.5 Å². The van der Waals surface area contributed by atoms with Crippen molar-refractivity contribution < 1.29 is 18.8 Å². The van der Waals surface area contributed by atoms with Crippen LogP contribution in [0.5, 0.6) is 11.5 Å². The summed E-state index contributed by atoms with van der Waals surface area (Å²) in [5.74, 6) is 3.01. The van der Waals surface area contributed by atoms with Crippen LogP contribution in [-0.2, 0) is 4.79 Å². The first-order valence-corrected chi connectivity index (χ1v) is 12.5. The molecule has 2 aromatic heterocycles. The molecule has 1 N–H and O–H groups in total. The Kier molecular flexibility index (Phi) is 7.77. The molecule has 0 bridgehead atoms. The molecule has 0 aliphatic heterocycles. The van der Waals surface area contributed by atoms with Crippen LogP contribution < -0.4 is 14.8 Å². The molecule has 1 aromatic carbocycles. The predicted octanol–water partition coefficient (Wildman–Crippen LogP) is 5.27. The number of nitrogens with zero attached hydrogens (tertiary/aromatic N) is 4. The second-order valence-electron chi connectivity index (χ2n) is 8.36. The molecule has 1 unspecified atom stereocenters. The number of nitrogens with one attached hydrogen (secondary N) is 1. The number of thioether (sulfide) groups is 1. The third-order valence-electron chi connectivity index (χ3n) is 6.04. The molecule has 1 fully saturated rings. The number of ether oxygens (including phenoxy) is 2. The highest BCUT2D eigenvalue weighted by Gasteiger charge is 2.28. The molecule has 10 heteroatoms. The smallest absolute Gasteiger partial charge is 0.239 e. The van der Waals surface area contributed by atoms with E-state index in [-0.39, 0.29) is 17.2 Å². The van der Waals surface area contributed by atoms with Crippen molar-refractivity contribution >= 4 is 23.5 Å². The fraction of sp³-hybridized carbons (Fsp3) is 0.500. The van der Waals surface area contributed by atoms with Crippen molar-refractivity contribution in [3.05, 3.63) is 30.0 Å². The molecule has 0 radical (unpaired) electrons. The van der Waals surface area contributed by atoms with Crippen LogP contribution in [0.3, 0.4) is 0 Å². The van der Waals surface area contributed by atoms with Gasteiger partial charge in [0.2, 0.25) is 5.91 Å². The first-order valence-electron chi connectivity index (χ1n) is 11.6. The highest BCUT2D eigenvalue weighted by molar-refractivity contribution is 8.00. The molecule has 34 heavy (non-hydrogen) atoms. The summed E-state index contributed by atoms with van der Waals surface area (Å²) in [7, 11) is 3.24. The molecule has 1 amide bonds. The minimum absolute atomic E-state index is 0.133. The molecule has 9 nitrogen and oxygen atoms in total. The van der Waals surface area contributed by atoms with E-state index in [1.807, 2.05) is 25.1 Å². The minimum Gasteiger partial charge on any atom is -0.493 e. The van der Waals surface area contributed by atoms with Crippen molar-refractivity contribution in [2.75, 3.05) is 19.5 Å². The van der Waals surface area contributed by atoms with Crippen molar-refractivity contribution in [2.45, 2.75) is 68.8 Å². The third kappa shape index (κ3) is 5.22. The fourth-order valence-electron chi connectivity index (χ4n) is 4.28. The molecule has 1 aliphatic carbocycles. The van der Waals surface area contributed by atoms with Gasteiger partial charge < -0.3 is 19.3 Å². The van der Waals surface area contributed by atoms with Crippen LogP contribution in [0.15, 0.2) is 33.9 Å². The minimum atomic E-state index is -0.346. The van der Waals surface area contributed by atoms with Gasteiger partial charge >= 0.3 is 0 Å². The molecule has 2 heterocycles. The summed E-state index contributed by atoms with van der Waals surface area (Å²) in [5.41, 5.74) is 0.901. The van der Waals surface area contributed by atoms with Gasteiger partial charge in [0.15, 0.2) is 28.3 Å². The van der Waals surface area contributed by atoms with E-state index in [1.165, 1.54) is 31.0 Å². The lowest BCUT2D eigenvalue weighted by Gasteiger charge is -2.26. The van der Waals surface area contributed by atoms with Crippen LogP contribution in [0.25, 0.3) is 11.4 Å². The standard InChI is InChI=1S/C24H31N5O4S/c1-5-20(23(30)25-21-13-15(2)33-28-21)34-24-27-26-22(29(24)17-9-7-6-8-10-17)16-11-12-18(31-3)19(14-16)32-4/h11-14,17,20H,5-10H2,1-4H3,(H,25,28,30). The Balaban J connectivity index is 1.65. The van der Waals surface area contributed by atoms with Crippen LogP contribution in [0.4, 0.5) is 5.82 Å². The van der Waals surface area contributed by atoms with E-state index in [0.717, 1.165) is 29.4 Å². The van der Waals surface area contributed by atoms with Gasteiger partial charge in [-0.05, 0) is 44.4 Å². The summed E-state index contributed by atoms with van der Waals surface area (Å²) in [6, 6.07) is 7.76. The third-order valence-corrected chi connectivity index (χ3v) is 7.36. The van der Waals surface area contributed by atoms with Crippen LogP contribution in [0.2, 0.25) is 0 Å². The number of amides is 1. The van der Waals surface area contributed by atoms with Crippen molar-refractivity contribution in [1.82, 2.24) is 19.9 Å². The Hall–Kier alpha value is -3.01. The lowest BCUT2D eigenvalue weighted by Crippen LogP contribution is -2.25. The van der Waals surface area contributed by atoms with Crippen LogP contribution >= 0.6 is 11.8 Å². The Labute approximate surface area is 203 Å². The molecule has 0 saturated heterocycles. The quantitative estimate of drug-likeness (QED) is 0.409. The van der Waals surface area contributed by atoms with Gasteiger partial charge in [0.05, 0.1) is 19.5 Å². The molecular weight excluding hydrogens is 454 g/mol. The highest BCUT2D eigenvalue weighted by Crippen LogP contribution is 2.39. The number of benzene rings is 1. The van der Waals surface area contributed by atoms with Gasteiger partial charge in [0.1, 0.15) is 5.76 Å². The molecule has 1 saturated carbocycles. The van der Waals surface area contributed by atoms with Gasteiger partial charge in [-0.25, -0.2) is 0 Å². The summed E-state index contributed by atoms with van der Waals surface area (Å²) in [6.07, 6.45) is 6.34. The first-order chi connectivity index (χ1) is 16.5. The normalized spacial score (nSPS) is 15.2. The zero-order chi connectivity index (χ0) is 24.1. The first kappa shape index (κ1) is 24.1. The second kappa shape index (κ2) is 10.9. The average molecular weight is 486 g/mol. The zero-order valence-corrected chi connectivity index (χ0v) is 20.9. The van der Waals surface area contributed by atoms with Crippen LogP contribution in [0, 0.1) is 6.92 Å². The van der Waals surface area contributed by atoms with Crippen molar-refractivity contribution in [2.24, 2.45) is 0 Å². The van der Waals surface area contributed by atoms with E-state index in [2.05, 4.69) is 25.2 Å². The molecule has 0 spiro atoms. The van der Waals surface area contributed by atoms with E-state index in [9.17, 15) is 4.79 Å². The summed E-state index contributed by atoms with van der Waals surface area (Å²) in [4.78, 5) is 13.0. The molecule has 4 rings (SSSR count). The molecule has 1 aliphatic rings. The number of anilines is 1. The van der Waals surface area contributed by atoms with Crippen LogP contribution in [-0.4, -0.2) is 45.3 Å². The number of hydrogen-bond donors (Lipinski definition) is 1. The van der Waals surface area contributed by atoms with Crippen molar-refractivity contribution in [1.29, 1.82) is 0 Å². The zero-order valence-electron chi connectivity index (χ0n) is 20.0. The molecule has 3 aromatic rings. The van der Waals surface area contributed by atoms with E-state index >= 15 is 0 Å². The Morgan fingerprint density at radius 2 is 1.94 bits per heavy atom. The number of carbonyl (C=O) groups is 1. The molecular formula is C24H31N5O4S. The van der Waals surface area contributed by atoms with E-state index in [1.54, 1.807) is 27.2 Å². The number of rotatable bonds is 9. The number of aryl methyl sites for hydroxylation is 1. The number of aromatic nitrogens is 4. The Morgan fingerprint density at radius 3 is 2.59 bits per heavy atom. The van der Waals surface area contributed by atoms with Gasteiger partial charge in [0, 0.05) is 17.7 Å². The Morgan fingerprint density at radius 1 is 1.18 bits per heavy atom. The van der Waals surface area contributed by atoms with Crippen LogP contribution in [0.1, 0.15) is 57.3 Å². The summed E-state index contributed by atoms with van der Waals surface area (Å²) >= 11 is 1.44. The summed E-state index contributed by atoms with van der Waals surface area (Å²) in [6.45, 7) is 3.78. The molecule has 1 atom stereocenters. The number of carbonyl (C=O) groups excluding carboxylic acids is 1. The lowest BCUT2D eigenvalue weighted by molar-refractivity contribution is -0.115. The maximum Gasteiger partial charge on any atom is 0.239 e. The van der Waals surface area contributed by atoms with Gasteiger partial charge in [-0.2, -0.15) is 0 Å². The fourth-order valence-corrected chi connectivity index (χ4v) is 5.30. The van der Waals surface area contributed by atoms with Gasteiger partial charge in [-0.3, -0.25) is 9.36 Å². The summed E-state index contributed by atoms with van der Waals surface area (Å²) in [5, 5.41) is 16.2. The highest BCUT2D eigenvalue weighted by atomic mass is 32.2. The van der Waals surface area contributed by atoms with Crippen molar-refractivity contribution in [3.63, 3.8) is 0 Å². The Bertz CT molecular complexity index is 1120. The van der Waals surface area contributed by atoms with E-state index < -0.39 is 0 Å². The predicted molar refractivity (Wildman–Crippen MR) is 130 cm³/mol. The topological polar surface area (TPSA) is 104 Å². The number of hydrogen-bond acceptors (Lipinski definition) is 8. The lowest BCUT2D eigenvalue weighted by atomic mass is 9.95. The van der Waals surface area contributed by atoms with Gasteiger partial charge in [-0.15, -0.1) is 10.2 Å². The number of methoxy groups -OCH3 is 2. The van der Waals surface area contributed by atoms with E-state index in [4.69, 9.17) is 14.0 Å². The summed E-state index contributed by atoms with van der Waals surface area (Å²) < 4.78 is 18.2. The molecule has 182 valence electrons. The van der Waals surface area contributed by atoms with Gasteiger partial charge in [0.25, 0.3) is 0 Å². The van der Waals surface area contributed by atoms with Crippen molar-refractivity contribution in [3.8, 4) is 22.9 Å². The maximum absolute atomic E-state index is 13.0. The average Bonchev–Trinajstić information content (AvgIpc) is 3.48. The largest absolute Gasteiger partial charge is 0.493 e. The SMILES string of the molecule is CCC(Sc1nnc(-c2ccc(OC)c(OC)c2)n1C1CCCCC1)C(=O)Nc1cc(C)on1. The second-order valence-corrected chi connectivity index (χ2v) is 9.53. The monoisotopic (exact) mass is 485 g/mol. The maximum atomic E-state index is 13.0. The van der Waals surface area contributed by atoms with Gasteiger partial charge in [-0.1, -0.05) is 43.1 Å².